The highest BCUT2D eigenvalue weighted by Gasteiger charge is 2.27. The summed E-state index contributed by atoms with van der Waals surface area (Å²) in [6, 6.07) is -0.0888. The van der Waals surface area contributed by atoms with Crippen LogP contribution in [-0.2, 0) is 4.79 Å². The van der Waals surface area contributed by atoms with Crippen molar-refractivity contribution in [3.05, 3.63) is 23.8 Å². The van der Waals surface area contributed by atoms with Gasteiger partial charge in [0.1, 0.15) is 5.69 Å². The molecular weight excluding hydrogens is 278 g/mol. The van der Waals surface area contributed by atoms with Gasteiger partial charge in [0.25, 0.3) is 5.91 Å². The number of hydrogen-bond acceptors (Lipinski definition) is 5. The molecule has 0 aromatic carbocycles. The summed E-state index contributed by atoms with van der Waals surface area (Å²) >= 11 is 0. The lowest BCUT2D eigenvalue weighted by atomic mass is 9.86. The molecule has 0 atom stereocenters. The van der Waals surface area contributed by atoms with Crippen molar-refractivity contribution in [2.45, 2.75) is 31.7 Å². The maximum atomic E-state index is 11.9. The standard InChI is InChI=1S/C13H15N3O5/c17-11(9-5-15-10(6-14-9)13(20)21)16-8-3-1-7(2-4-8)12(18)19/h5-8H,1-4H2,(H,16,17)(H,18,19)(H,20,21). The van der Waals surface area contributed by atoms with Gasteiger partial charge in [0, 0.05) is 6.04 Å². The first-order chi connectivity index (χ1) is 9.97. The van der Waals surface area contributed by atoms with E-state index in [4.69, 9.17) is 10.2 Å². The summed E-state index contributed by atoms with van der Waals surface area (Å²) in [5, 5.41) is 20.4. The normalized spacial score (nSPS) is 21.5. The first-order valence-corrected chi connectivity index (χ1v) is 6.56. The molecule has 8 nitrogen and oxygen atoms in total. The minimum absolute atomic E-state index is 0.0420. The van der Waals surface area contributed by atoms with Crippen LogP contribution in [0.1, 0.15) is 46.7 Å². The Bertz CT molecular complexity index is 549. The number of nitrogens with one attached hydrogen (secondary N) is 1. The van der Waals surface area contributed by atoms with Gasteiger partial charge in [0.05, 0.1) is 18.3 Å². The minimum atomic E-state index is -1.21. The highest BCUT2D eigenvalue weighted by molar-refractivity contribution is 5.92. The summed E-state index contributed by atoms with van der Waals surface area (Å²) in [6.45, 7) is 0. The fraction of sp³-hybridized carbons (Fsp3) is 0.462. The van der Waals surface area contributed by atoms with E-state index < -0.39 is 17.8 Å². The number of carboxylic acids is 2. The SMILES string of the molecule is O=C(O)c1cnc(C(=O)NC2CCC(C(=O)O)CC2)cn1. The minimum Gasteiger partial charge on any atom is -0.481 e. The average molecular weight is 293 g/mol. The fourth-order valence-corrected chi connectivity index (χ4v) is 2.30. The molecule has 0 spiro atoms. The van der Waals surface area contributed by atoms with E-state index in [9.17, 15) is 14.4 Å². The molecule has 0 radical (unpaired) electrons. The van der Waals surface area contributed by atoms with Crippen LogP contribution in [0.2, 0.25) is 0 Å². The highest BCUT2D eigenvalue weighted by Crippen LogP contribution is 2.24. The Kier molecular flexibility index (Phi) is 4.46. The molecular formula is C13H15N3O5. The second kappa shape index (κ2) is 6.29. The summed E-state index contributed by atoms with van der Waals surface area (Å²) < 4.78 is 0. The van der Waals surface area contributed by atoms with E-state index in [0.29, 0.717) is 25.7 Å². The highest BCUT2D eigenvalue weighted by atomic mass is 16.4. The molecule has 2 rings (SSSR count). The third-order valence-electron chi connectivity index (χ3n) is 3.52. The molecule has 0 aliphatic heterocycles. The Morgan fingerprint density at radius 1 is 1.00 bits per heavy atom. The molecule has 1 amide bonds. The smallest absolute Gasteiger partial charge is 0.356 e. The van der Waals surface area contributed by atoms with Crippen LogP contribution in [0.5, 0.6) is 0 Å². The molecule has 112 valence electrons. The van der Waals surface area contributed by atoms with Crippen molar-refractivity contribution in [2.24, 2.45) is 5.92 Å². The van der Waals surface area contributed by atoms with Crippen molar-refractivity contribution in [1.29, 1.82) is 0 Å². The Balaban J connectivity index is 1.90. The first-order valence-electron chi connectivity index (χ1n) is 6.56. The molecule has 0 unspecified atom stereocenters. The van der Waals surface area contributed by atoms with Crippen LogP contribution in [0, 0.1) is 5.92 Å². The topological polar surface area (TPSA) is 129 Å². The zero-order valence-electron chi connectivity index (χ0n) is 11.2. The Labute approximate surface area is 120 Å². The number of aliphatic carboxylic acids is 1. The molecule has 3 N–H and O–H groups in total. The van der Waals surface area contributed by atoms with E-state index in [-0.39, 0.29) is 23.3 Å². The Hall–Kier alpha value is -2.51. The third-order valence-corrected chi connectivity index (χ3v) is 3.52. The molecule has 1 aromatic rings. The maximum Gasteiger partial charge on any atom is 0.356 e. The van der Waals surface area contributed by atoms with Gasteiger partial charge >= 0.3 is 11.9 Å². The molecule has 1 aromatic heterocycles. The lowest BCUT2D eigenvalue weighted by Gasteiger charge is -2.26. The van der Waals surface area contributed by atoms with Crippen LogP contribution in [0.4, 0.5) is 0 Å². The largest absolute Gasteiger partial charge is 0.481 e. The lowest BCUT2D eigenvalue weighted by Crippen LogP contribution is -2.39. The van der Waals surface area contributed by atoms with Gasteiger partial charge in [-0.15, -0.1) is 0 Å². The van der Waals surface area contributed by atoms with Gasteiger partial charge in [-0.3, -0.25) is 9.59 Å². The Morgan fingerprint density at radius 3 is 2.05 bits per heavy atom. The Morgan fingerprint density at radius 2 is 1.57 bits per heavy atom. The third kappa shape index (κ3) is 3.74. The molecule has 1 aliphatic rings. The lowest BCUT2D eigenvalue weighted by molar-refractivity contribution is -0.142. The summed E-state index contributed by atoms with van der Waals surface area (Å²) in [5.41, 5.74) is -0.186. The van der Waals surface area contributed by atoms with Gasteiger partial charge in [-0.2, -0.15) is 0 Å². The molecule has 1 heterocycles. The molecule has 1 saturated carbocycles. The zero-order chi connectivity index (χ0) is 15.4. The summed E-state index contributed by atoms with van der Waals surface area (Å²) in [6.07, 6.45) is 4.40. The van der Waals surface area contributed by atoms with Crippen molar-refractivity contribution in [1.82, 2.24) is 15.3 Å². The van der Waals surface area contributed by atoms with Gasteiger partial charge in [0.15, 0.2) is 5.69 Å². The van der Waals surface area contributed by atoms with E-state index in [2.05, 4.69) is 15.3 Å². The summed E-state index contributed by atoms with van der Waals surface area (Å²) in [7, 11) is 0. The maximum absolute atomic E-state index is 11.9. The fourth-order valence-electron chi connectivity index (χ4n) is 2.30. The molecule has 8 heteroatoms. The predicted molar refractivity (Wildman–Crippen MR) is 69.8 cm³/mol. The van der Waals surface area contributed by atoms with Gasteiger partial charge in [-0.25, -0.2) is 14.8 Å². The zero-order valence-corrected chi connectivity index (χ0v) is 11.2. The number of carbonyl (C=O) groups excluding carboxylic acids is 1. The van der Waals surface area contributed by atoms with Crippen molar-refractivity contribution in [2.75, 3.05) is 0 Å². The van der Waals surface area contributed by atoms with E-state index in [1.165, 1.54) is 0 Å². The van der Waals surface area contributed by atoms with Crippen LogP contribution in [0.25, 0.3) is 0 Å². The van der Waals surface area contributed by atoms with Crippen molar-refractivity contribution >= 4 is 17.8 Å². The average Bonchev–Trinajstić information content (AvgIpc) is 2.47. The number of carbonyl (C=O) groups is 3. The second-order valence-corrected chi connectivity index (χ2v) is 4.95. The number of nitrogens with zero attached hydrogens (tertiary/aromatic N) is 2. The van der Waals surface area contributed by atoms with Crippen LogP contribution >= 0.6 is 0 Å². The van der Waals surface area contributed by atoms with Crippen LogP contribution < -0.4 is 5.32 Å². The van der Waals surface area contributed by atoms with Crippen LogP contribution in [-0.4, -0.2) is 44.1 Å². The van der Waals surface area contributed by atoms with Crippen LogP contribution in [0.15, 0.2) is 12.4 Å². The summed E-state index contributed by atoms with van der Waals surface area (Å²) in [4.78, 5) is 40.8. The second-order valence-electron chi connectivity index (χ2n) is 4.95. The quantitative estimate of drug-likeness (QED) is 0.739. The monoisotopic (exact) mass is 293 g/mol. The molecule has 1 fully saturated rings. The van der Waals surface area contributed by atoms with Crippen molar-refractivity contribution < 1.29 is 24.6 Å². The number of carboxylic acid groups (broad SMARTS) is 2. The predicted octanol–water partition coefficient (Wildman–Crippen LogP) is 0.548. The van der Waals surface area contributed by atoms with Gasteiger partial charge in [0.2, 0.25) is 0 Å². The van der Waals surface area contributed by atoms with E-state index in [1.807, 2.05) is 0 Å². The van der Waals surface area contributed by atoms with E-state index in [0.717, 1.165) is 12.4 Å². The van der Waals surface area contributed by atoms with Crippen molar-refractivity contribution in [3.8, 4) is 0 Å². The van der Waals surface area contributed by atoms with E-state index in [1.54, 1.807) is 0 Å². The molecule has 0 bridgehead atoms. The molecule has 21 heavy (non-hydrogen) atoms. The number of aromatic carboxylic acids is 1. The van der Waals surface area contributed by atoms with Gasteiger partial charge in [-0.1, -0.05) is 0 Å². The molecule has 1 aliphatic carbocycles. The van der Waals surface area contributed by atoms with Crippen LogP contribution in [0.3, 0.4) is 0 Å². The van der Waals surface area contributed by atoms with Gasteiger partial charge in [-0.05, 0) is 25.7 Å². The van der Waals surface area contributed by atoms with Crippen molar-refractivity contribution in [3.63, 3.8) is 0 Å². The number of aromatic nitrogens is 2. The van der Waals surface area contributed by atoms with Gasteiger partial charge < -0.3 is 15.5 Å². The number of rotatable bonds is 4. The molecule has 0 saturated heterocycles. The summed E-state index contributed by atoms with van der Waals surface area (Å²) in [5.74, 6) is -2.78. The number of amides is 1. The van der Waals surface area contributed by atoms with E-state index >= 15 is 0 Å². The first kappa shape index (κ1) is 14.9. The number of hydrogen-bond donors (Lipinski definition) is 3.